The smallest absolute Gasteiger partial charge is 0.230 e. The van der Waals surface area contributed by atoms with Crippen LogP contribution in [0.2, 0.25) is 0 Å². The van der Waals surface area contributed by atoms with E-state index >= 15 is 0 Å². The van der Waals surface area contributed by atoms with Crippen molar-refractivity contribution in [1.29, 1.82) is 0 Å². The molecule has 2 aliphatic rings. The molecule has 0 radical (unpaired) electrons. The molecule has 2 aromatic rings. The lowest BCUT2D eigenvalue weighted by atomic mass is 9.86. The summed E-state index contributed by atoms with van der Waals surface area (Å²) in [6.07, 6.45) is 8.05. The van der Waals surface area contributed by atoms with Crippen molar-refractivity contribution >= 4 is 5.91 Å². The number of aliphatic hydroxyl groups excluding tert-OH is 1. The Kier molecular flexibility index (Phi) is 4.14. The van der Waals surface area contributed by atoms with E-state index in [1.165, 1.54) is 0 Å². The second kappa shape index (κ2) is 6.43. The van der Waals surface area contributed by atoms with Crippen LogP contribution in [0.1, 0.15) is 61.1 Å². The molecule has 3 heterocycles. The third-order valence-electron chi connectivity index (χ3n) is 5.37. The fraction of sp³-hybridized carbons (Fsp3) is 0.556. The molecule has 0 saturated carbocycles. The second-order valence-corrected chi connectivity index (χ2v) is 6.84. The minimum absolute atomic E-state index is 0.0786. The van der Waals surface area contributed by atoms with Crippen LogP contribution in [-0.2, 0) is 11.2 Å². The number of nitrogens with zero attached hydrogens (tertiary/aromatic N) is 2. The number of carbonyl (C=O) groups excluding carboxylic acids is 1. The van der Waals surface area contributed by atoms with Gasteiger partial charge in [0.05, 0.1) is 18.4 Å². The number of furan rings is 1. The fourth-order valence-corrected chi connectivity index (χ4v) is 4.14. The molecule has 1 aliphatic heterocycles. The van der Waals surface area contributed by atoms with Crippen molar-refractivity contribution in [1.82, 2.24) is 15.1 Å². The molecule has 6 heteroatoms. The van der Waals surface area contributed by atoms with E-state index in [0.717, 1.165) is 49.9 Å². The summed E-state index contributed by atoms with van der Waals surface area (Å²) in [6.45, 7) is 0.776. The van der Waals surface area contributed by atoms with Crippen molar-refractivity contribution in [3.63, 3.8) is 0 Å². The summed E-state index contributed by atoms with van der Waals surface area (Å²) in [6, 6.07) is 3.64. The second-order valence-electron chi connectivity index (χ2n) is 6.84. The Labute approximate surface area is 140 Å². The highest BCUT2D eigenvalue weighted by molar-refractivity contribution is 5.84. The van der Waals surface area contributed by atoms with E-state index in [1.807, 2.05) is 4.90 Å². The number of fused-ring (bicyclic) bond motifs is 1. The zero-order valence-electron chi connectivity index (χ0n) is 13.6. The maximum atomic E-state index is 13.1. The summed E-state index contributed by atoms with van der Waals surface area (Å²) < 4.78 is 5.29. The van der Waals surface area contributed by atoms with Crippen molar-refractivity contribution < 1.29 is 14.3 Å². The monoisotopic (exact) mass is 329 g/mol. The van der Waals surface area contributed by atoms with Crippen LogP contribution < -0.4 is 0 Å². The van der Waals surface area contributed by atoms with Gasteiger partial charge in [-0.15, -0.1) is 0 Å². The normalized spacial score (nSPS) is 24.8. The van der Waals surface area contributed by atoms with Crippen molar-refractivity contribution in [2.45, 2.75) is 56.6 Å². The average Bonchev–Trinajstić information content (AvgIpc) is 3.33. The molecule has 1 amide bonds. The van der Waals surface area contributed by atoms with Crippen LogP contribution in [0.15, 0.2) is 29.0 Å². The van der Waals surface area contributed by atoms with E-state index in [0.29, 0.717) is 12.2 Å². The van der Waals surface area contributed by atoms with Crippen LogP contribution in [0, 0.1) is 0 Å². The number of aromatic nitrogens is 2. The molecule has 3 atom stereocenters. The van der Waals surface area contributed by atoms with Gasteiger partial charge in [0.1, 0.15) is 11.9 Å². The molecule has 0 unspecified atom stereocenters. The molecule has 2 aromatic heterocycles. The third-order valence-corrected chi connectivity index (χ3v) is 5.37. The molecular formula is C18H23N3O3. The van der Waals surface area contributed by atoms with Gasteiger partial charge in [0.2, 0.25) is 5.91 Å². The molecule has 2 N–H and O–H groups in total. The Morgan fingerprint density at radius 1 is 1.46 bits per heavy atom. The first kappa shape index (κ1) is 15.4. The summed E-state index contributed by atoms with van der Waals surface area (Å²) in [7, 11) is 0. The lowest BCUT2D eigenvalue weighted by molar-refractivity contribution is -0.134. The van der Waals surface area contributed by atoms with Gasteiger partial charge in [-0.25, -0.2) is 0 Å². The van der Waals surface area contributed by atoms with E-state index in [2.05, 4.69) is 10.2 Å². The molecule has 1 aliphatic carbocycles. The zero-order valence-corrected chi connectivity index (χ0v) is 13.6. The number of aliphatic hydroxyl groups is 1. The molecule has 0 bridgehead atoms. The minimum Gasteiger partial charge on any atom is -0.467 e. The highest BCUT2D eigenvalue weighted by atomic mass is 16.4. The molecule has 128 valence electrons. The van der Waals surface area contributed by atoms with E-state index in [4.69, 9.17) is 4.42 Å². The number of rotatable bonds is 4. The van der Waals surface area contributed by atoms with Crippen LogP contribution in [0.25, 0.3) is 0 Å². The van der Waals surface area contributed by atoms with Gasteiger partial charge in [0.25, 0.3) is 0 Å². The molecule has 0 aromatic carbocycles. The predicted molar refractivity (Wildman–Crippen MR) is 87.3 cm³/mol. The maximum Gasteiger partial charge on any atom is 0.230 e. The van der Waals surface area contributed by atoms with Crippen LogP contribution in [0.4, 0.5) is 0 Å². The average molecular weight is 329 g/mol. The first-order valence-electron chi connectivity index (χ1n) is 8.78. The first-order chi connectivity index (χ1) is 11.7. The van der Waals surface area contributed by atoms with Gasteiger partial charge in [-0.2, -0.15) is 5.10 Å². The van der Waals surface area contributed by atoms with E-state index < -0.39 is 6.10 Å². The number of amides is 1. The highest BCUT2D eigenvalue weighted by Crippen LogP contribution is 2.35. The molecule has 0 spiro atoms. The number of likely N-dealkylation sites (tertiary alicyclic amines) is 1. The van der Waals surface area contributed by atoms with Crippen molar-refractivity contribution in [3.05, 3.63) is 41.6 Å². The summed E-state index contributed by atoms with van der Waals surface area (Å²) in [5.41, 5.74) is 2.16. The van der Waals surface area contributed by atoms with Gasteiger partial charge < -0.3 is 14.4 Å². The maximum absolute atomic E-state index is 13.1. The van der Waals surface area contributed by atoms with E-state index in [9.17, 15) is 9.90 Å². The third kappa shape index (κ3) is 2.75. The van der Waals surface area contributed by atoms with Crippen molar-refractivity contribution in [3.8, 4) is 0 Å². The van der Waals surface area contributed by atoms with Crippen LogP contribution in [0.3, 0.4) is 0 Å². The van der Waals surface area contributed by atoms with Crippen molar-refractivity contribution in [2.75, 3.05) is 6.54 Å². The molecule has 24 heavy (non-hydrogen) atoms. The number of H-pyrrole nitrogens is 1. The predicted octanol–water partition coefficient (Wildman–Crippen LogP) is 2.54. The van der Waals surface area contributed by atoms with Crippen LogP contribution in [0.5, 0.6) is 0 Å². The molecule has 1 fully saturated rings. The highest BCUT2D eigenvalue weighted by Gasteiger charge is 2.37. The lowest BCUT2D eigenvalue weighted by Gasteiger charge is -2.31. The van der Waals surface area contributed by atoms with Gasteiger partial charge in [-0.1, -0.05) is 0 Å². The lowest BCUT2D eigenvalue weighted by Crippen LogP contribution is -2.40. The Hall–Kier alpha value is -2.08. The van der Waals surface area contributed by atoms with Gasteiger partial charge in [0.15, 0.2) is 0 Å². The number of aryl methyl sites for hydroxylation is 1. The number of aromatic amines is 1. The fourth-order valence-electron chi connectivity index (χ4n) is 4.14. The van der Waals surface area contributed by atoms with Gasteiger partial charge in [0, 0.05) is 30.3 Å². The summed E-state index contributed by atoms with van der Waals surface area (Å²) in [4.78, 5) is 15.1. The van der Waals surface area contributed by atoms with Gasteiger partial charge in [-0.3, -0.25) is 9.89 Å². The summed E-state index contributed by atoms with van der Waals surface area (Å²) in [5, 5.41) is 17.5. The van der Waals surface area contributed by atoms with E-state index in [1.54, 1.807) is 24.6 Å². The van der Waals surface area contributed by atoms with Gasteiger partial charge >= 0.3 is 0 Å². The Morgan fingerprint density at radius 3 is 3.21 bits per heavy atom. The number of hydrogen-bond donors (Lipinski definition) is 2. The number of nitrogens with one attached hydrogen (secondary N) is 1. The molecule has 1 saturated heterocycles. The molecular weight excluding hydrogens is 306 g/mol. The quantitative estimate of drug-likeness (QED) is 0.903. The Balaban J connectivity index is 1.48. The SMILES string of the molecule is O=C([C@@H]1CCCc2[nH]ncc21)N1CCC[C@@H]1C[C@@H](O)c1ccco1. The number of hydrogen-bond acceptors (Lipinski definition) is 4. The first-order valence-corrected chi connectivity index (χ1v) is 8.78. The van der Waals surface area contributed by atoms with Crippen LogP contribution in [-0.4, -0.2) is 38.7 Å². The summed E-state index contributed by atoms with van der Waals surface area (Å²) >= 11 is 0. The summed E-state index contributed by atoms with van der Waals surface area (Å²) in [5.74, 6) is 0.671. The Bertz CT molecular complexity index is 694. The largest absolute Gasteiger partial charge is 0.467 e. The molecule has 4 rings (SSSR count). The topological polar surface area (TPSA) is 82.4 Å². The standard InChI is InChI=1S/C18H23N3O3/c22-16(17-7-3-9-24-17)10-12-4-2-8-21(12)18(23)13-5-1-6-15-14(13)11-19-20-15/h3,7,9,11-13,16,22H,1-2,4-6,8,10H2,(H,19,20)/t12-,13-,16-/m1/s1. The van der Waals surface area contributed by atoms with Gasteiger partial charge in [-0.05, 0) is 44.2 Å². The Morgan fingerprint density at radius 2 is 2.38 bits per heavy atom. The van der Waals surface area contributed by atoms with E-state index in [-0.39, 0.29) is 17.9 Å². The zero-order chi connectivity index (χ0) is 16.5. The number of carbonyl (C=O) groups is 1. The van der Waals surface area contributed by atoms with Crippen molar-refractivity contribution in [2.24, 2.45) is 0 Å². The molecule has 6 nitrogen and oxygen atoms in total. The van der Waals surface area contributed by atoms with Crippen LogP contribution >= 0.6 is 0 Å². The minimum atomic E-state index is -0.658.